The minimum atomic E-state index is -0.935. The standard InChI is InChI=1S/C19H22N2O2/c1-13(14-5-9-16(10-6-14)19(2,3)4)20-21-17-11-7-15(8-12-17)18(22)23/h5-12,21H,1-4H3,(H,22,23)/b20-13+. The molecule has 2 aromatic rings. The van der Waals surface area contributed by atoms with Gasteiger partial charge in [-0.1, -0.05) is 45.0 Å². The first-order chi connectivity index (χ1) is 10.8. The number of benzene rings is 2. The van der Waals surface area contributed by atoms with Gasteiger partial charge < -0.3 is 5.11 Å². The van der Waals surface area contributed by atoms with Crippen molar-refractivity contribution >= 4 is 17.4 Å². The highest BCUT2D eigenvalue weighted by molar-refractivity contribution is 5.99. The summed E-state index contributed by atoms with van der Waals surface area (Å²) in [6.45, 7) is 8.49. The molecule has 0 atom stereocenters. The minimum Gasteiger partial charge on any atom is -0.478 e. The quantitative estimate of drug-likeness (QED) is 0.645. The SMILES string of the molecule is C/C(=N\Nc1ccc(C(=O)O)cc1)c1ccc(C(C)(C)C)cc1. The van der Waals surface area contributed by atoms with E-state index in [1.807, 2.05) is 6.92 Å². The first-order valence-corrected chi connectivity index (χ1v) is 7.52. The van der Waals surface area contributed by atoms with E-state index in [0.717, 1.165) is 17.0 Å². The van der Waals surface area contributed by atoms with Crippen LogP contribution in [0.1, 0.15) is 49.2 Å². The van der Waals surface area contributed by atoms with Crippen molar-refractivity contribution in [2.24, 2.45) is 5.10 Å². The highest BCUT2D eigenvalue weighted by Gasteiger charge is 2.13. The van der Waals surface area contributed by atoms with Crippen LogP contribution in [-0.2, 0) is 5.41 Å². The number of aromatic carboxylic acids is 1. The van der Waals surface area contributed by atoms with E-state index in [-0.39, 0.29) is 11.0 Å². The number of hydrazone groups is 1. The van der Waals surface area contributed by atoms with Crippen molar-refractivity contribution < 1.29 is 9.90 Å². The van der Waals surface area contributed by atoms with Crippen LogP contribution in [0.15, 0.2) is 53.6 Å². The van der Waals surface area contributed by atoms with Crippen LogP contribution in [0.3, 0.4) is 0 Å². The van der Waals surface area contributed by atoms with Crippen LogP contribution in [0.2, 0.25) is 0 Å². The lowest BCUT2D eigenvalue weighted by molar-refractivity contribution is 0.0697. The molecule has 0 spiro atoms. The second-order valence-corrected chi connectivity index (χ2v) is 6.52. The van der Waals surface area contributed by atoms with Crippen LogP contribution in [0.4, 0.5) is 5.69 Å². The number of hydrogen-bond acceptors (Lipinski definition) is 3. The van der Waals surface area contributed by atoms with E-state index in [2.05, 4.69) is 55.6 Å². The van der Waals surface area contributed by atoms with Crippen molar-refractivity contribution in [2.45, 2.75) is 33.1 Å². The van der Waals surface area contributed by atoms with Gasteiger partial charge in [-0.05, 0) is 47.7 Å². The number of nitrogens with one attached hydrogen (secondary N) is 1. The van der Waals surface area contributed by atoms with Gasteiger partial charge in [-0.3, -0.25) is 5.43 Å². The average molecular weight is 310 g/mol. The highest BCUT2D eigenvalue weighted by atomic mass is 16.4. The number of carboxylic acids is 1. The Morgan fingerprint density at radius 2 is 1.48 bits per heavy atom. The van der Waals surface area contributed by atoms with E-state index in [1.54, 1.807) is 24.3 Å². The summed E-state index contributed by atoms with van der Waals surface area (Å²) in [6, 6.07) is 14.9. The zero-order chi connectivity index (χ0) is 17.0. The molecule has 0 saturated heterocycles. The number of anilines is 1. The smallest absolute Gasteiger partial charge is 0.335 e. The fraction of sp³-hybridized carbons (Fsp3) is 0.263. The van der Waals surface area contributed by atoms with Crippen molar-refractivity contribution in [2.75, 3.05) is 5.43 Å². The monoisotopic (exact) mass is 310 g/mol. The van der Waals surface area contributed by atoms with Gasteiger partial charge in [0.2, 0.25) is 0 Å². The number of carbonyl (C=O) groups is 1. The van der Waals surface area contributed by atoms with E-state index >= 15 is 0 Å². The van der Waals surface area contributed by atoms with E-state index in [9.17, 15) is 4.79 Å². The molecule has 4 heteroatoms. The van der Waals surface area contributed by atoms with E-state index < -0.39 is 5.97 Å². The molecule has 0 fully saturated rings. The number of nitrogens with zero attached hydrogens (tertiary/aromatic N) is 1. The van der Waals surface area contributed by atoms with Crippen molar-refractivity contribution in [3.63, 3.8) is 0 Å². The third-order valence-electron chi connectivity index (χ3n) is 3.65. The van der Waals surface area contributed by atoms with Crippen molar-refractivity contribution in [1.82, 2.24) is 0 Å². The molecule has 120 valence electrons. The maximum absolute atomic E-state index is 10.8. The van der Waals surface area contributed by atoms with Crippen LogP contribution in [0, 0.1) is 0 Å². The topological polar surface area (TPSA) is 61.7 Å². The zero-order valence-electron chi connectivity index (χ0n) is 13.9. The first-order valence-electron chi connectivity index (χ1n) is 7.52. The molecule has 2 rings (SSSR count). The largest absolute Gasteiger partial charge is 0.478 e. The van der Waals surface area contributed by atoms with Crippen LogP contribution in [0.5, 0.6) is 0 Å². The van der Waals surface area contributed by atoms with Crippen LogP contribution in [-0.4, -0.2) is 16.8 Å². The lowest BCUT2D eigenvalue weighted by atomic mass is 9.86. The Labute approximate surface area is 136 Å². The Hall–Kier alpha value is -2.62. The normalized spacial score (nSPS) is 12.1. The predicted octanol–water partition coefficient (Wildman–Crippen LogP) is 4.52. The molecule has 0 heterocycles. The molecule has 0 aliphatic heterocycles. The molecular formula is C19H22N2O2. The Morgan fingerprint density at radius 3 is 1.96 bits per heavy atom. The van der Waals surface area contributed by atoms with Gasteiger partial charge in [-0.15, -0.1) is 0 Å². The van der Waals surface area contributed by atoms with E-state index in [1.165, 1.54) is 5.56 Å². The van der Waals surface area contributed by atoms with Gasteiger partial charge in [0.25, 0.3) is 0 Å². The third kappa shape index (κ3) is 4.42. The van der Waals surface area contributed by atoms with Crippen molar-refractivity contribution in [3.8, 4) is 0 Å². The molecule has 2 aromatic carbocycles. The van der Waals surface area contributed by atoms with Crippen molar-refractivity contribution in [1.29, 1.82) is 0 Å². The molecule has 0 radical (unpaired) electrons. The molecule has 0 aromatic heterocycles. The molecule has 0 aliphatic carbocycles. The molecule has 0 aliphatic rings. The first kappa shape index (κ1) is 16.7. The highest BCUT2D eigenvalue weighted by Crippen LogP contribution is 2.22. The van der Waals surface area contributed by atoms with Crippen LogP contribution < -0.4 is 5.43 Å². The van der Waals surface area contributed by atoms with Crippen LogP contribution >= 0.6 is 0 Å². The van der Waals surface area contributed by atoms with Crippen LogP contribution in [0.25, 0.3) is 0 Å². The van der Waals surface area contributed by atoms with Crippen molar-refractivity contribution in [3.05, 3.63) is 65.2 Å². The summed E-state index contributed by atoms with van der Waals surface area (Å²) >= 11 is 0. The van der Waals surface area contributed by atoms with E-state index in [0.29, 0.717) is 0 Å². The summed E-state index contributed by atoms with van der Waals surface area (Å²) in [7, 11) is 0. The summed E-state index contributed by atoms with van der Waals surface area (Å²) < 4.78 is 0. The van der Waals surface area contributed by atoms with Gasteiger partial charge >= 0.3 is 5.97 Å². The molecule has 23 heavy (non-hydrogen) atoms. The summed E-state index contributed by atoms with van der Waals surface area (Å²) in [5, 5.41) is 13.2. The Morgan fingerprint density at radius 1 is 0.957 bits per heavy atom. The third-order valence-corrected chi connectivity index (χ3v) is 3.65. The second-order valence-electron chi connectivity index (χ2n) is 6.52. The molecule has 4 nitrogen and oxygen atoms in total. The van der Waals surface area contributed by atoms with E-state index in [4.69, 9.17) is 5.11 Å². The Kier molecular flexibility index (Phi) is 4.84. The fourth-order valence-corrected chi connectivity index (χ4v) is 2.11. The van der Waals surface area contributed by atoms with Gasteiger partial charge in [0, 0.05) is 0 Å². The predicted molar refractivity (Wildman–Crippen MR) is 94.4 cm³/mol. The number of rotatable bonds is 4. The maximum atomic E-state index is 10.8. The maximum Gasteiger partial charge on any atom is 0.335 e. The summed E-state index contributed by atoms with van der Waals surface area (Å²) in [6.07, 6.45) is 0. The van der Waals surface area contributed by atoms with Gasteiger partial charge in [0.05, 0.1) is 17.0 Å². The van der Waals surface area contributed by atoms with Gasteiger partial charge in [-0.2, -0.15) is 5.10 Å². The number of hydrogen-bond donors (Lipinski definition) is 2. The Bertz CT molecular complexity index is 709. The van der Waals surface area contributed by atoms with Gasteiger partial charge in [0.15, 0.2) is 0 Å². The molecule has 2 N–H and O–H groups in total. The summed E-state index contributed by atoms with van der Waals surface area (Å²) in [5.41, 5.74) is 7.29. The average Bonchev–Trinajstić information content (AvgIpc) is 2.52. The summed E-state index contributed by atoms with van der Waals surface area (Å²) in [5.74, 6) is -0.935. The van der Waals surface area contributed by atoms with Gasteiger partial charge in [0.1, 0.15) is 0 Å². The molecular weight excluding hydrogens is 288 g/mol. The Balaban J connectivity index is 2.09. The minimum absolute atomic E-state index is 0.133. The molecule has 0 amide bonds. The lowest BCUT2D eigenvalue weighted by Crippen LogP contribution is -2.11. The molecule has 0 unspecified atom stereocenters. The zero-order valence-corrected chi connectivity index (χ0v) is 13.9. The van der Waals surface area contributed by atoms with Gasteiger partial charge in [-0.25, -0.2) is 4.79 Å². The molecule has 0 bridgehead atoms. The lowest BCUT2D eigenvalue weighted by Gasteiger charge is -2.19. The fourth-order valence-electron chi connectivity index (χ4n) is 2.11. The summed E-state index contributed by atoms with van der Waals surface area (Å²) in [4.78, 5) is 10.8. The number of carboxylic acid groups (broad SMARTS) is 1. The molecule has 0 saturated carbocycles. The second kappa shape index (κ2) is 6.65.